The van der Waals surface area contributed by atoms with Gasteiger partial charge >= 0.3 is 0 Å². The van der Waals surface area contributed by atoms with Gasteiger partial charge < -0.3 is 4.74 Å². The second kappa shape index (κ2) is 5.18. The number of ether oxygens (including phenoxy) is 1. The van der Waals surface area contributed by atoms with Gasteiger partial charge in [0.2, 0.25) is 0 Å². The van der Waals surface area contributed by atoms with Gasteiger partial charge in [0.05, 0.1) is 12.5 Å². The number of methoxy groups -OCH3 is 1. The molecule has 4 rings (SSSR count). The molecule has 0 radical (unpaired) electrons. The predicted octanol–water partition coefficient (Wildman–Crippen LogP) is 5.09. The zero-order valence-corrected chi connectivity index (χ0v) is 15.9. The van der Waals surface area contributed by atoms with E-state index >= 15 is 0 Å². The van der Waals surface area contributed by atoms with Crippen LogP contribution in [0.1, 0.15) is 33.8 Å². The lowest BCUT2D eigenvalue weighted by Gasteiger charge is -2.25. The molecule has 23 heavy (non-hydrogen) atoms. The Labute approximate surface area is 152 Å². The molecule has 4 heteroatoms. The van der Waals surface area contributed by atoms with Crippen LogP contribution in [0.4, 0.5) is 0 Å². The van der Waals surface area contributed by atoms with Crippen molar-refractivity contribution in [1.82, 2.24) is 0 Å². The van der Waals surface area contributed by atoms with Gasteiger partial charge in [0, 0.05) is 11.5 Å². The SMILES string of the molecule is COc1cccc([C@H]2C(Br)(Br)[C@@]23CCc2ccccc2C3=O)c1. The molecule has 2 aliphatic rings. The van der Waals surface area contributed by atoms with E-state index in [1.54, 1.807) is 7.11 Å². The van der Waals surface area contributed by atoms with E-state index in [9.17, 15) is 4.79 Å². The van der Waals surface area contributed by atoms with Crippen molar-refractivity contribution in [2.75, 3.05) is 7.11 Å². The van der Waals surface area contributed by atoms with E-state index in [0.717, 1.165) is 35.3 Å². The molecule has 0 aliphatic heterocycles. The Bertz CT molecular complexity index is 799. The quantitative estimate of drug-likeness (QED) is 0.613. The molecule has 0 aromatic heterocycles. The van der Waals surface area contributed by atoms with Gasteiger partial charge in [0.25, 0.3) is 0 Å². The molecule has 118 valence electrons. The summed E-state index contributed by atoms with van der Waals surface area (Å²) in [4.78, 5) is 13.3. The molecular weight excluding hydrogens is 420 g/mol. The van der Waals surface area contributed by atoms with Crippen LogP contribution in [-0.4, -0.2) is 16.1 Å². The molecule has 0 bridgehead atoms. The molecule has 2 aromatic rings. The molecule has 1 fully saturated rings. The molecule has 0 heterocycles. The normalized spacial score (nSPS) is 27.6. The molecule has 2 nitrogen and oxygen atoms in total. The maximum absolute atomic E-state index is 13.3. The molecule has 1 saturated carbocycles. The van der Waals surface area contributed by atoms with Crippen LogP contribution in [0.2, 0.25) is 0 Å². The van der Waals surface area contributed by atoms with Gasteiger partial charge in [0.15, 0.2) is 5.78 Å². The predicted molar refractivity (Wildman–Crippen MR) is 97.8 cm³/mol. The van der Waals surface area contributed by atoms with Gasteiger partial charge in [-0.3, -0.25) is 4.79 Å². The summed E-state index contributed by atoms with van der Waals surface area (Å²) in [5.41, 5.74) is 2.74. The van der Waals surface area contributed by atoms with Crippen LogP contribution in [0, 0.1) is 5.41 Å². The fourth-order valence-electron chi connectivity index (χ4n) is 4.01. The number of Topliss-reactive ketones (excluding diaryl/α,β-unsaturated/α-hetero) is 1. The van der Waals surface area contributed by atoms with Crippen LogP contribution in [-0.2, 0) is 6.42 Å². The van der Waals surface area contributed by atoms with E-state index < -0.39 is 5.41 Å². The van der Waals surface area contributed by atoms with E-state index in [0.29, 0.717) is 0 Å². The molecule has 1 spiro atoms. The third-order valence-electron chi connectivity index (χ3n) is 5.25. The van der Waals surface area contributed by atoms with Gasteiger partial charge in [-0.1, -0.05) is 68.3 Å². The Morgan fingerprint density at radius 2 is 1.91 bits per heavy atom. The van der Waals surface area contributed by atoms with Gasteiger partial charge in [-0.2, -0.15) is 0 Å². The molecule has 2 aliphatic carbocycles. The Kier molecular flexibility index (Phi) is 3.47. The minimum atomic E-state index is -0.423. The average Bonchev–Trinajstić information content (AvgIpc) is 3.07. The van der Waals surface area contributed by atoms with Crippen molar-refractivity contribution in [1.29, 1.82) is 0 Å². The first-order valence-corrected chi connectivity index (χ1v) is 9.25. The summed E-state index contributed by atoms with van der Waals surface area (Å²) >= 11 is 7.60. The first-order chi connectivity index (χ1) is 11.0. The number of aryl methyl sites for hydroxylation is 1. The molecular formula is C19H16Br2O2. The fraction of sp³-hybridized carbons (Fsp3) is 0.316. The molecule has 2 aromatic carbocycles. The standard InChI is InChI=1S/C19H16Br2O2/c1-23-14-7-4-6-13(11-14)16-18(19(16,20)21)10-9-12-5-2-3-8-15(12)17(18)22/h2-8,11,16H,9-10H2,1H3/t16-,18+/m1/s1. The van der Waals surface area contributed by atoms with Crippen molar-refractivity contribution in [3.05, 3.63) is 65.2 Å². The number of halogens is 2. The molecule has 2 atom stereocenters. The largest absolute Gasteiger partial charge is 0.497 e. The third-order valence-corrected chi connectivity index (χ3v) is 7.58. The minimum absolute atomic E-state index is 0.103. The van der Waals surface area contributed by atoms with Gasteiger partial charge in [0.1, 0.15) is 8.98 Å². The summed E-state index contributed by atoms with van der Waals surface area (Å²) in [7, 11) is 1.67. The number of carbonyl (C=O) groups excluding carboxylic acids is 1. The lowest BCUT2D eigenvalue weighted by Crippen LogP contribution is -2.28. The molecule has 0 N–H and O–H groups in total. The van der Waals surface area contributed by atoms with E-state index in [-0.39, 0.29) is 14.9 Å². The summed E-state index contributed by atoms with van der Waals surface area (Å²) in [5, 5.41) is 0. The van der Waals surface area contributed by atoms with Crippen LogP contribution in [0.25, 0.3) is 0 Å². The summed E-state index contributed by atoms with van der Waals surface area (Å²) in [6.07, 6.45) is 1.78. The smallest absolute Gasteiger partial charge is 0.172 e. The first kappa shape index (κ1) is 15.4. The number of hydrogen-bond acceptors (Lipinski definition) is 2. The first-order valence-electron chi connectivity index (χ1n) is 7.67. The highest BCUT2D eigenvalue weighted by molar-refractivity contribution is 9.25. The Hall–Kier alpha value is -1.13. The maximum atomic E-state index is 13.3. The highest BCUT2D eigenvalue weighted by Crippen LogP contribution is 2.79. The van der Waals surface area contributed by atoms with E-state index in [1.165, 1.54) is 0 Å². The lowest BCUT2D eigenvalue weighted by atomic mass is 9.78. The molecule has 0 unspecified atom stereocenters. The number of rotatable bonds is 2. The minimum Gasteiger partial charge on any atom is -0.497 e. The van der Waals surface area contributed by atoms with Gasteiger partial charge in [-0.15, -0.1) is 0 Å². The number of carbonyl (C=O) groups is 1. The summed E-state index contributed by atoms with van der Waals surface area (Å²) in [6.45, 7) is 0. The number of alkyl halides is 2. The Balaban J connectivity index is 1.79. The third kappa shape index (κ3) is 2.01. The van der Waals surface area contributed by atoms with Crippen molar-refractivity contribution in [3.63, 3.8) is 0 Å². The molecule has 0 amide bonds. The lowest BCUT2D eigenvalue weighted by molar-refractivity contribution is 0.0875. The maximum Gasteiger partial charge on any atom is 0.172 e. The van der Waals surface area contributed by atoms with Crippen LogP contribution in [0.5, 0.6) is 5.75 Å². The van der Waals surface area contributed by atoms with Crippen LogP contribution in [0.15, 0.2) is 48.5 Å². The van der Waals surface area contributed by atoms with E-state index in [4.69, 9.17) is 4.74 Å². The Morgan fingerprint density at radius 1 is 1.13 bits per heavy atom. The fourth-order valence-corrected chi connectivity index (χ4v) is 6.31. The number of ketones is 1. The van der Waals surface area contributed by atoms with Crippen molar-refractivity contribution < 1.29 is 9.53 Å². The van der Waals surface area contributed by atoms with Crippen LogP contribution in [0.3, 0.4) is 0 Å². The molecule has 0 saturated heterocycles. The number of hydrogen-bond donors (Lipinski definition) is 0. The van der Waals surface area contributed by atoms with Crippen molar-refractivity contribution >= 4 is 37.6 Å². The zero-order valence-electron chi connectivity index (χ0n) is 12.7. The number of fused-ring (bicyclic) bond motifs is 1. The van der Waals surface area contributed by atoms with Gasteiger partial charge in [-0.25, -0.2) is 0 Å². The van der Waals surface area contributed by atoms with E-state index in [1.807, 2.05) is 36.4 Å². The van der Waals surface area contributed by atoms with Crippen LogP contribution < -0.4 is 4.74 Å². The van der Waals surface area contributed by atoms with Crippen molar-refractivity contribution in [2.45, 2.75) is 22.0 Å². The van der Waals surface area contributed by atoms with E-state index in [2.05, 4.69) is 44.0 Å². The monoisotopic (exact) mass is 434 g/mol. The second-order valence-corrected chi connectivity index (χ2v) is 9.86. The zero-order chi connectivity index (χ0) is 16.2. The van der Waals surface area contributed by atoms with Gasteiger partial charge in [-0.05, 0) is 36.1 Å². The summed E-state index contributed by atoms with van der Waals surface area (Å²) in [5.74, 6) is 1.16. The Morgan fingerprint density at radius 3 is 2.70 bits per heavy atom. The summed E-state index contributed by atoms with van der Waals surface area (Å²) in [6, 6.07) is 16.0. The van der Waals surface area contributed by atoms with Crippen LogP contribution >= 0.6 is 31.9 Å². The highest BCUT2D eigenvalue weighted by atomic mass is 79.9. The average molecular weight is 436 g/mol. The topological polar surface area (TPSA) is 26.3 Å². The highest BCUT2D eigenvalue weighted by Gasteiger charge is 2.79. The number of benzene rings is 2. The second-order valence-electron chi connectivity index (χ2n) is 6.29. The van der Waals surface area contributed by atoms with Crippen molar-refractivity contribution in [3.8, 4) is 5.75 Å². The van der Waals surface area contributed by atoms with Crippen molar-refractivity contribution in [2.24, 2.45) is 5.41 Å². The summed E-state index contributed by atoms with van der Waals surface area (Å²) < 4.78 is 4.96.